The van der Waals surface area contributed by atoms with E-state index in [0.717, 1.165) is 16.3 Å². The Kier molecular flexibility index (Phi) is 7.95. The van der Waals surface area contributed by atoms with E-state index in [0.29, 0.717) is 17.7 Å². The van der Waals surface area contributed by atoms with Crippen molar-refractivity contribution < 1.29 is 36.3 Å². The molecular weight excluding hydrogens is 501 g/mol. The van der Waals surface area contributed by atoms with Gasteiger partial charge in [0.25, 0.3) is 0 Å². The molecule has 0 saturated heterocycles. The van der Waals surface area contributed by atoms with Crippen LogP contribution in [0.2, 0.25) is 0 Å². The van der Waals surface area contributed by atoms with Gasteiger partial charge in [-0.25, -0.2) is 17.9 Å². The molecule has 3 aromatic rings. The molecular formula is C23H21F3N4O5S. The first-order chi connectivity index (χ1) is 16.9. The minimum absolute atomic E-state index is 0.0222. The maximum absolute atomic E-state index is 12.7. The van der Waals surface area contributed by atoms with Gasteiger partial charge >= 0.3 is 12.1 Å². The molecule has 1 atom stereocenters. The third kappa shape index (κ3) is 6.79. The first-order valence-corrected chi connectivity index (χ1v) is 11.8. The van der Waals surface area contributed by atoms with E-state index in [1.54, 1.807) is 36.4 Å². The standard InChI is InChI=1S/C21H20N4O3S.C2HF3O2/c22-21(23)17-7-3-6-16(10-17)20-12-18(28-25-20)13-24-29(26,27)19-9-8-14-4-1-2-5-15(14)11-19;3-2(4,5)1(6)7/h1-11,18,24H,12-13H2,(H3,22,23);(H,6,7). The smallest absolute Gasteiger partial charge is 0.475 e. The Morgan fingerprint density at radius 1 is 1.11 bits per heavy atom. The molecule has 36 heavy (non-hydrogen) atoms. The number of fused-ring (bicyclic) bond motifs is 1. The van der Waals surface area contributed by atoms with Crippen molar-refractivity contribution in [2.75, 3.05) is 6.54 Å². The van der Waals surface area contributed by atoms with Crippen LogP contribution in [0.4, 0.5) is 13.2 Å². The van der Waals surface area contributed by atoms with Crippen LogP contribution in [0.3, 0.4) is 0 Å². The molecule has 5 N–H and O–H groups in total. The van der Waals surface area contributed by atoms with Gasteiger partial charge in [0.15, 0.2) is 0 Å². The SMILES string of the molecule is N=C(N)c1cccc(C2=NOC(CNS(=O)(=O)c3ccc4ccccc4c3)C2)c1.O=C(O)C(F)(F)F. The van der Waals surface area contributed by atoms with Gasteiger partial charge in [-0.1, -0.05) is 53.7 Å². The second-order valence-electron chi connectivity index (χ2n) is 7.63. The lowest BCUT2D eigenvalue weighted by Gasteiger charge is -2.11. The quantitative estimate of drug-likeness (QED) is 0.288. The molecule has 0 bridgehead atoms. The molecule has 190 valence electrons. The number of nitrogens with zero attached hydrogens (tertiary/aromatic N) is 1. The number of amidine groups is 1. The second kappa shape index (κ2) is 10.7. The minimum atomic E-state index is -5.08. The number of alkyl halides is 3. The van der Waals surface area contributed by atoms with E-state index in [1.807, 2.05) is 30.3 Å². The molecule has 0 radical (unpaired) electrons. The van der Waals surface area contributed by atoms with Crippen molar-refractivity contribution >= 4 is 38.3 Å². The van der Waals surface area contributed by atoms with Crippen LogP contribution in [0.15, 0.2) is 76.8 Å². The van der Waals surface area contributed by atoms with Crippen LogP contribution < -0.4 is 10.5 Å². The third-order valence-corrected chi connectivity index (χ3v) is 6.44. The maximum atomic E-state index is 12.7. The molecule has 0 saturated carbocycles. The lowest BCUT2D eigenvalue weighted by molar-refractivity contribution is -0.192. The van der Waals surface area contributed by atoms with E-state index in [2.05, 4.69) is 9.88 Å². The number of rotatable bonds is 6. The highest BCUT2D eigenvalue weighted by Gasteiger charge is 2.38. The number of halogens is 3. The van der Waals surface area contributed by atoms with Crippen molar-refractivity contribution in [3.05, 3.63) is 77.9 Å². The fourth-order valence-corrected chi connectivity index (χ4v) is 4.30. The number of nitrogens with one attached hydrogen (secondary N) is 2. The van der Waals surface area contributed by atoms with Crippen LogP contribution >= 0.6 is 0 Å². The van der Waals surface area contributed by atoms with Crippen molar-refractivity contribution in [3.8, 4) is 0 Å². The van der Waals surface area contributed by atoms with Crippen molar-refractivity contribution in [1.82, 2.24) is 4.72 Å². The molecule has 1 unspecified atom stereocenters. The Balaban J connectivity index is 0.000000454. The summed E-state index contributed by atoms with van der Waals surface area (Å²) in [5.74, 6) is -2.78. The highest BCUT2D eigenvalue weighted by molar-refractivity contribution is 7.89. The summed E-state index contributed by atoms with van der Waals surface area (Å²) in [5, 5.41) is 20.6. The molecule has 9 nitrogen and oxygen atoms in total. The summed E-state index contributed by atoms with van der Waals surface area (Å²) in [5.41, 5.74) is 7.63. The van der Waals surface area contributed by atoms with Crippen LogP contribution in [0.5, 0.6) is 0 Å². The normalized spacial score (nSPS) is 15.4. The van der Waals surface area contributed by atoms with E-state index in [1.165, 1.54) is 0 Å². The molecule has 0 aliphatic carbocycles. The van der Waals surface area contributed by atoms with Gasteiger partial charge in [0.1, 0.15) is 11.9 Å². The van der Waals surface area contributed by atoms with Gasteiger partial charge in [0.05, 0.1) is 17.2 Å². The Bertz CT molecular complexity index is 1420. The Morgan fingerprint density at radius 3 is 2.42 bits per heavy atom. The summed E-state index contributed by atoms with van der Waals surface area (Å²) in [4.78, 5) is 14.5. The number of benzene rings is 3. The van der Waals surface area contributed by atoms with Crippen LogP contribution in [-0.4, -0.2) is 49.9 Å². The van der Waals surface area contributed by atoms with E-state index in [4.69, 9.17) is 25.9 Å². The molecule has 1 aliphatic rings. The summed E-state index contributed by atoms with van der Waals surface area (Å²) >= 11 is 0. The largest absolute Gasteiger partial charge is 0.490 e. The van der Waals surface area contributed by atoms with Crippen LogP contribution in [-0.2, 0) is 19.7 Å². The van der Waals surface area contributed by atoms with Crippen molar-refractivity contribution in [1.29, 1.82) is 5.41 Å². The van der Waals surface area contributed by atoms with Gasteiger partial charge in [-0.3, -0.25) is 5.41 Å². The molecule has 13 heteroatoms. The van der Waals surface area contributed by atoms with Crippen molar-refractivity contribution in [2.24, 2.45) is 10.9 Å². The lowest BCUT2D eigenvalue weighted by atomic mass is 10.0. The summed E-state index contributed by atoms with van der Waals surface area (Å²) in [7, 11) is -3.66. The average Bonchev–Trinajstić information content (AvgIpc) is 3.32. The molecule has 4 rings (SSSR count). The molecule has 1 heterocycles. The first kappa shape index (κ1) is 26.6. The van der Waals surface area contributed by atoms with Crippen molar-refractivity contribution in [3.63, 3.8) is 0 Å². The molecule has 3 aromatic carbocycles. The van der Waals surface area contributed by atoms with Crippen LogP contribution in [0.1, 0.15) is 17.5 Å². The topological polar surface area (TPSA) is 155 Å². The predicted molar refractivity (Wildman–Crippen MR) is 126 cm³/mol. The Morgan fingerprint density at radius 2 is 1.78 bits per heavy atom. The predicted octanol–water partition coefficient (Wildman–Crippen LogP) is 3.23. The van der Waals surface area contributed by atoms with E-state index in [-0.39, 0.29) is 17.3 Å². The number of sulfonamides is 1. The zero-order valence-corrected chi connectivity index (χ0v) is 19.3. The highest BCUT2D eigenvalue weighted by atomic mass is 32.2. The highest BCUT2D eigenvalue weighted by Crippen LogP contribution is 2.21. The van der Waals surface area contributed by atoms with Crippen LogP contribution in [0.25, 0.3) is 10.8 Å². The number of nitrogens with two attached hydrogens (primary N) is 1. The summed E-state index contributed by atoms with van der Waals surface area (Å²) in [6.07, 6.45) is -5.03. The monoisotopic (exact) mass is 522 g/mol. The number of carboxylic acids is 1. The zero-order chi connectivity index (χ0) is 26.5. The van der Waals surface area contributed by atoms with Gasteiger partial charge in [0.2, 0.25) is 10.0 Å². The van der Waals surface area contributed by atoms with E-state index in [9.17, 15) is 21.6 Å². The molecule has 0 aromatic heterocycles. The number of hydrogen-bond acceptors (Lipinski definition) is 6. The number of nitrogen functional groups attached to an aromatic ring is 1. The van der Waals surface area contributed by atoms with Gasteiger partial charge in [-0.15, -0.1) is 0 Å². The average molecular weight is 523 g/mol. The maximum Gasteiger partial charge on any atom is 0.490 e. The molecule has 0 spiro atoms. The Labute approximate surface area is 203 Å². The fraction of sp³-hybridized carbons (Fsp3) is 0.174. The minimum Gasteiger partial charge on any atom is -0.475 e. The van der Waals surface area contributed by atoms with Gasteiger partial charge in [-0.2, -0.15) is 13.2 Å². The van der Waals surface area contributed by atoms with Crippen LogP contribution in [0, 0.1) is 5.41 Å². The zero-order valence-electron chi connectivity index (χ0n) is 18.5. The van der Waals surface area contributed by atoms with E-state index < -0.39 is 28.3 Å². The molecule has 0 fully saturated rings. The lowest BCUT2D eigenvalue weighted by Crippen LogP contribution is -2.32. The van der Waals surface area contributed by atoms with Gasteiger partial charge < -0.3 is 15.7 Å². The first-order valence-electron chi connectivity index (χ1n) is 10.3. The second-order valence-corrected chi connectivity index (χ2v) is 9.39. The number of hydrogen-bond donors (Lipinski definition) is 4. The number of carbonyl (C=O) groups is 1. The number of aliphatic carboxylic acids is 1. The summed E-state index contributed by atoms with van der Waals surface area (Å²) in [6, 6.07) is 19.8. The number of oxime groups is 1. The van der Waals surface area contributed by atoms with Gasteiger partial charge in [0, 0.05) is 17.5 Å². The molecule has 0 amide bonds. The van der Waals surface area contributed by atoms with Crippen molar-refractivity contribution in [2.45, 2.75) is 23.6 Å². The van der Waals surface area contributed by atoms with E-state index >= 15 is 0 Å². The fourth-order valence-electron chi connectivity index (χ4n) is 3.20. The van der Waals surface area contributed by atoms with Gasteiger partial charge in [-0.05, 0) is 29.0 Å². The summed E-state index contributed by atoms with van der Waals surface area (Å²) < 4.78 is 59.7. The Hall–Kier alpha value is -3.97. The third-order valence-electron chi connectivity index (χ3n) is 5.01. The molecule has 1 aliphatic heterocycles. The number of carboxylic acid groups (broad SMARTS) is 1. The summed E-state index contributed by atoms with van der Waals surface area (Å²) in [6.45, 7) is 0.106.